The summed E-state index contributed by atoms with van der Waals surface area (Å²) >= 11 is 0. The van der Waals surface area contributed by atoms with Crippen molar-refractivity contribution in [2.75, 3.05) is 11.4 Å². The average molecular weight is 283 g/mol. The van der Waals surface area contributed by atoms with E-state index in [1.165, 1.54) is 0 Å². The number of benzene rings is 1. The molecule has 1 amide bonds. The molecule has 1 aromatic carbocycles. The highest BCUT2D eigenvalue weighted by Gasteiger charge is 2.17. The SMILES string of the molecule is CCCN(C(=O)c1ccnc(C)c1)c1ccc(CN)cc1. The maximum atomic E-state index is 12.7. The molecule has 2 N–H and O–H groups in total. The smallest absolute Gasteiger partial charge is 0.258 e. The van der Waals surface area contributed by atoms with Gasteiger partial charge in [0.2, 0.25) is 0 Å². The van der Waals surface area contributed by atoms with Crippen LogP contribution in [0.15, 0.2) is 42.6 Å². The Balaban J connectivity index is 2.31. The zero-order valence-electron chi connectivity index (χ0n) is 12.5. The minimum Gasteiger partial charge on any atom is -0.326 e. The lowest BCUT2D eigenvalue weighted by molar-refractivity contribution is 0.0986. The molecule has 4 nitrogen and oxygen atoms in total. The minimum absolute atomic E-state index is 0.00264. The van der Waals surface area contributed by atoms with E-state index in [4.69, 9.17) is 5.73 Å². The van der Waals surface area contributed by atoms with Gasteiger partial charge in [0.05, 0.1) is 0 Å². The van der Waals surface area contributed by atoms with Crippen molar-refractivity contribution >= 4 is 11.6 Å². The van der Waals surface area contributed by atoms with E-state index < -0.39 is 0 Å². The highest BCUT2D eigenvalue weighted by Crippen LogP contribution is 2.19. The second kappa shape index (κ2) is 6.99. The Kier molecular flexibility index (Phi) is 5.06. The molecule has 110 valence electrons. The normalized spacial score (nSPS) is 10.4. The van der Waals surface area contributed by atoms with Crippen LogP contribution in [0.1, 0.15) is 35.0 Å². The van der Waals surface area contributed by atoms with E-state index in [1.807, 2.05) is 37.3 Å². The summed E-state index contributed by atoms with van der Waals surface area (Å²) in [5.41, 5.74) is 9.08. The molecule has 4 heteroatoms. The fourth-order valence-corrected chi connectivity index (χ4v) is 2.22. The number of carbonyl (C=O) groups excluding carboxylic acids is 1. The van der Waals surface area contributed by atoms with Crippen LogP contribution < -0.4 is 10.6 Å². The van der Waals surface area contributed by atoms with E-state index in [1.54, 1.807) is 17.2 Å². The standard InChI is InChI=1S/C17H21N3O/c1-3-10-20(16-6-4-14(12-18)5-7-16)17(21)15-8-9-19-13(2)11-15/h4-9,11H,3,10,12,18H2,1-2H3. The first-order valence-corrected chi connectivity index (χ1v) is 7.19. The van der Waals surface area contributed by atoms with Gasteiger partial charge in [-0.1, -0.05) is 19.1 Å². The molecule has 21 heavy (non-hydrogen) atoms. The lowest BCUT2D eigenvalue weighted by Crippen LogP contribution is -2.31. The quantitative estimate of drug-likeness (QED) is 0.918. The van der Waals surface area contributed by atoms with Gasteiger partial charge in [0, 0.05) is 36.2 Å². The summed E-state index contributed by atoms with van der Waals surface area (Å²) in [6, 6.07) is 11.4. The Hall–Kier alpha value is -2.20. The van der Waals surface area contributed by atoms with Crippen molar-refractivity contribution in [2.24, 2.45) is 5.73 Å². The summed E-state index contributed by atoms with van der Waals surface area (Å²) in [5.74, 6) is 0.00264. The topological polar surface area (TPSA) is 59.2 Å². The molecule has 2 rings (SSSR count). The predicted molar refractivity (Wildman–Crippen MR) is 85.3 cm³/mol. The van der Waals surface area contributed by atoms with Crippen LogP contribution in [0.3, 0.4) is 0 Å². The molecular weight excluding hydrogens is 262 g/mol. The summed E-state index contributed by atoms with van der Waals surface area (Å²) in [4.78, 5) is 18.7. The van der Waals surface area contributed by atoms with Crippen LogP contribution >= 0.6 is 0 Å². The van der Waals surface area contributed by atoms with Gasteiger partial charge in [-0.25, -0.2) is 0 Å². The largest absolute Gasteiger partial charge is 0.326 e. The number of amides is 1. The Morgan fingerprint density at radius 3 is 2.52 bits per heavy atom. The number of pyridine rings is 1. The first-order valence-electron chi connectivity index (χ1n) is 7.19. The molecule has 0 fully saturated rings. The van der Waals surface area contributed by atoms with Crippen molar-refractivity contribution < 1.29 is 4.79 Å². The van der Waals surface area contributed by atoms with Gasteiger partial charge in [-0.15, -0.1) is 0 Å². The van der Waals surface area contributed by atoms with Crippen LogP contribution in [0.4, 0.5) is 5.69 Å². The zero-order chi connectivity index (χ0) is 15.2. The molecule has 0 aliphatic carbocycles. The number of carbonyl (C=O) groups is 1. The fourth-order valence-electron chi connectivity index (χ4n) is 2.22. The molecule has 0 atom stereocenters. The van der Waals surface area contributed by atoms with Crippen molar-refractivity contribution in [2.45, 2.75) is 26.8 Å². The predicted octanol–water partition coefficient (Wildman–Crippen LogP) is 2.91. The zero-order valence-corrected chi connectivity index (χ0v) is 12.5. The van der Waals surface area contributed by atoms with Crippen molar-refractivity contribution in [3.63, 3.8) is 0 Å². The van der Waals surface area contributed by atoms with Gasteiger partial charge in [-0.2, -0.15) is 0 Å². The number of aromatic nitrogens is 1. The molecule has 0 saturated carbocycles. The summed E-state index contributed by atoms with van der Waals surface area (Å²) in [6.07, 6.45) is 2.57. The molecule has 0 bridgehead atoms. The van der Waals surface area contributed by atoms with Gasteiger partial charge in [0.1, 0.15) is 0 Å². The highest BCUT2D eigenvalue weighted by molar-refractivity contribution is 6.06. The molecular formula is C17H21N3O. The van der Waals surface area contributed by atoms with Crippen molar-refractivity contribution in [3.05, 3.63) is 59.4 Å². The average Bonchev–Trinajstić information content (AvgIpc) is 2.52. The van der Waals surface area contributed by atoms with Crippen LogP contribution in [0, 0.1) is 6.92 Å². The molecule has 0 spiro atoms. The van der Waals surface area contributed by atoms with Gasteiger partial charge < -0.3 is 10.6 Å². The van der Waals surface area contributed by atoms with E-state index in [0.717, 1.165) is 23.4 Å². The van der Waals surface area contributed by atoms with Crippen LogP contribution in [-0.2, 0) is 6.54 Å². The summed E-state index contributed by atoms with van der Waals surface area (Å²) in [6.45, 7) is 5.14. The van der Waals surface area contributed by atoms with Crippen molar-refractivity contribution in [1.82, 2.24) is 4.98 Å². The Bertz CT molecular complexity index is 608. The van der Waals surface area contributed by atoms with Gasteiger partial charge in [-0.05, 0) is 43.2 Å². The molecule has 1 heterocycles. The lowest BCUT2D eigenvalue weighted by Gasteiger charge is -2.22. The molecule has 0 saturated heterocycles. The van der Waals surface area contributed by atoms with Crippen molar-refractivity contribution in [3.8, 4) is 0 Å². The van der Waals surface area contributed by atoms with Gasteiger partial charge in [0.25, 0.3) is 5.91 Å². The number of anilines is 1. The summed E-state index contributed by atoms with van der Waals surface area (Å²) in [5, 5.41) is 0. The van der Waals surface area contributed by atoms with E-state index >= 15 is 0 Å². The lowest BCUT2D eigenvalue weighted by atomic mass is 10.1. The van der Waals surface area contributed by atoms with Crippen molar-refractivity contribution in [1.29, 1.82) is 0 Å². The monoisotopic (exact) mass is 283 g/mol. The molecule has 0 aliphatic rings. The second-order valence-electron chi connectivity index (χ2n) is 5.01. The fraction of sp³-hybridized carbons (Fsp3) is 0.294. The number of nitrogens with zero attached hydrogens (tertiary/aromatic N) is 2. The molecule has 0 radical (unpaired) electrons. The molecule has 0 unspecified atom stereocenters. The third-order valence-electron chi connectivity index (χ3n) is 3.32. The molecule has 2 aromatic rings. The third kappa shape index (κ3) is 3.67. The molecule has 0 aliphatic heterocycles. The van der Waals surface area contributed by atoms with Gasteiger partial charge >= 0.3 is 0 Å². The van der Waals surface area contributed by atoms with Gasteiger partial charge in [-0.3, -0.25) is 9.78 Å². The highest BCUT2D eigenvalue weighted by atomic mass is 16.2. The van der Waals surface area contributed by atoms with E-state index in [0.29, 0.717) is 18.7 Å². The summed E-state index contributed by atoms with van der Waals surface area (Å²) in [7, 11) is 0. The third-order valence-corrected chi connectivity index (χ3v) is 3.32. The number of nitrogens with two attached hydrogens (primary N) is 1. The Morgan fingerprint density at radius 1 is 1.24 bits per heavy atom. The first kappa shape index (κ1) is 15.2. The van der Waals surface area contributed by atoms with Crippen LogP contribution in [0.25, 0.3) is 0 Å². The summed E-state index contributed by atoms with van der Waals surface area (Å²) < 4.78 is 0. The van der Waals surface area contributed by atoms with E-state index in [-0.39, 0.29) is 5.91 Å². The first-order chi connectivity index (χ1) is 10.2. The maximum absolute atomic E-state index is 12.7. The minimum atomic E-state index is 0.00264. The maximum Gasteiger partial charge on any atom is 0.258 e. The van der Waals surface area contributed by atoms with Crippen LogP contribution in [0.5, 0.6) is 0 Å². The Morgan fingerprint density at radius 2 is 1.95 bits per heavy atom. The van der Waals surface area contributed by atoms with Gasteiger partial charge in [0.15, 0.2) is 0 Å². The number of rotatable bonds is 5. The van der Waals surface area contributed by atoms with Crippen LogP contribution in [-0.4, -0.2) is 17.4 Å². The van der Waals surface area contributed by atoms with Crippen LogP contribution in [0.2, 0.25) is 0 Å². The number of hydrogen-bond donors (Lipinski definition) is 1. The number of hydrogen-bond acceptors (Lipinski definition) is 3. The Labute approximate surface area is 125 Å². The molecule has 1 aromatic heterocycles. The second-order valence-corrected chi connectivity index (χ2v) is 5.01. The van der Waals surface area contributed by atoms with E-state index in [9.17, 15) is 4.79 Å². The number of aryl methyl sites for hydroxylation is 1. The van der Waals surface area contributed by atoms with E-state index in [2.05, 4.69) is 11.9 Å².